The van der Waals surface area contributed by atoms with Crippen LogP contribution in [0.2, 0.25) is 0 Å². The Morgan fingerprint density at radius 2 is 2.11 bits per heavy atom. The Labute approximate surface area is 55.8 Å². The van der Waals surface area contributed by atoms with Gasteiger partial charge in [-0.2, -0.15) is 0 Å². The molecule has 0 saturated carbocycles. The van der Waals surface area contributed by atoms with Crippen molar-refractivity contribution in [2.45, 2.75) is 0 Å². The fourth-order valence-corrected chi connectivity index (χ4v) is 1.19. The maximum absolute atomic E-state index is 8.97. The molecule has 0 fully saturated rings. The Bertz CT molecular complexity index is 217. The van der Waals surface area contributed by atoms with Crippen molar-refractivity contribution in [2.75, 3.05) is 0 Å². The Morgan fingerprint density at radius 1 is 1.44 bits per heavy atom. The zero-order chi connectivity index (χ0) is 6.85. The molecule has 0 amide bonds. The SMILES string of the molecule is NC1=CC=S(O)C(N)=C1. The molecule has 1 aliphatic heterocycles. The van der Waals surface area contributed by atoms with E-state index in [9.17, 15) is 0 Å². The highest BCUT2D eigenvalue weighted by atomic mass is 32.2. The summed E-state index contributed by atoms with van der Waals surface area (Å²) in [6, 6.07) is 0. The lowest BCUT2D eigenvalue weighted by Crippen LogP contribution is -2.04. The van der Waals surface area contributed by atoms with E-state index >= 15 is 0 Å². The summed E-state index contributed by atoms with van der Waals surface area (Å²) in [4.78, 5) is 0. The standard InChI is InChI=1S/C5H8N2OS/c6-4-1-2-9(8)5(7)3-4/h1-3,8H,6-7H2. The second-order valence-electron chi connectivity index (χ2n) is 1.66. The van der Waals surface area contributed by atoms with Crippen LogP contribution in [0.5, 0.6) is 0 Å². The van der Waals surface area contributed by atoms with E-state index in [1.165, 1.54) is 0 Å². The van der Waals surface area contributed by atoms with Gasteiger partial charge in [0.1, 0.15) is 0 Å². The molecule has 5 N–H and O–H groups in total. The van der Waals surface area contributed by atoms with Crippen LogP contribution in [0.3, 0.4) is 0 Å². The molecule has 3 nitrogen and oxygen atoms in total. The first-order chi connectivity index (χ1) is 4.20. The van der Waals surface area contributed by atoms with E-state index in [2.05, 4.69) is 0 Å². The van der Waals surface area contributed by atoms with E-state index < -0.39 is 10.8 Å². The highest BCUT2D eigenvalue weighted by molar-refractivity contribution is 8.13. The van der Waals surface area contributed by atoms with Gasteiger partial charge in [-0.3, -0.25) is 0 Å². The molecule has 0 radical (unpaired) electrons. The van der Waals surface area contributed by atoms with Crippen molar-refractivity contribution in [2.24, 2.45) is 11.5 Å². The summed E-state index contributed by atoms with van der Waals surface area (Å²) in [5, 5.41) is 2.00. The van der Waals surface area contributed by atoms with Gasteiger partial charge < -0.3 is 16.0 Å². The van der Waals surface area contributed by atoms with Crippen LogP contribution in [0.25, 0.3) is 0 Å². The third-order valence-corrected chi connectivity index (χ3v) is 1.93. The van der Waals surface area contributed by atoms with Crippen molar-refractivity contribution >= 4 is 16.1 Å². The molecule has 0 aliphatic carbocycles. The molecule has 1 atom stereocenters. The van der Waals surface area contributed by atoms with Gasteiger partial charge in [0.05, 0.1) is 5.03 Å². The fourth-order valence-electron chi connectivity index (χ4n) is 0.494. The Kier molecular flexibility index (Phi) is 1.59. The minimum atomic E-state index is -0.898. The molecule has 9 heavy (non-hydrogen) atoms. The van der Waals surface area contributed by atoms with Crippen molar-refractivity contribution in [1.82, 2.24) is 0 Å². The molecule has 1 unspecified atom stereocenters. The normalized spacial score (nSPS) is 26.1. The zero-order valence-electron chi connectivity index (χ0n) is 4.74. The first-order valence-electron chi connectivity index (χ1n) is 2.40. The molecule has 1 aliphatic rings. The fraction of sp³-hybridized carbons (Fsp3) is 0. The highest BCUT2D eigenvalue weighted by Crippen LogP contribution is 2.17. The van der Waals surface area contributed by atoms with Crippen LogP contribution < -0.4 is 11.5 Å². The minimum absolute atomic E-state index is 0.426. The van der Waals surface area contributed by atoms with E-state index in [0.29, 0.717) is 10.7 Å². The van der Waals surface area contributed by atoms with Crippen LogP contribution in [0.1, 0.15) is 0 Å². The molecule has 0 spiro atoms. The minimum Gasteiger partial charge on any atom is -0.399 e. The van der Waals surface area contributed by atoms with Crippen molar-refractivity contribution in [3.63, 3.8) is 0 Å². The first kappa shape index (κ1) is 6.38. The lowest BCUT2D eigenvalue weighted by atomic mass is 10.4. The first-order valence-corrected chi connectivity index (χ1v) is 3.64. The lowest BCUT2D eigenvalue weighted by Gasteiger charge is -2.04. The van der Waals surface area contributed by atoms with Crippen LogP contribution in [0, 0.1) is 0 Å². The maximum Gasteiger partial charge on any atom is 0.0871 e. The summed E-state index contributed by atoms with van der Waals surface area (Å²) in [7, 11) is -0.898. The van der Waals surface area contributed by atoms with E-state index in [0.717, 1.165) is 0 Å². The van der Waals surface area contributed by atoms with Gasteiger partial charge in [0.25, 0.3) is 0 Å². The molecule has 0 aromatic rings. The number of rotatable bonds is 0. The zero-order valence-corrected chi connectivity index (χ0v) is 5.56. The van der Waals surface area contributed by atoms with E-state index in [1.54, 1.807) is 17.5 Å². The van der Waals surface area contributed by atoms with E-state index in [1.807, 2.05) is 0 Å². The monoisotopic (exact) mass is 144 g/mol. The lowest BCUT2D eigenvalue weighted by molar-refractivity contribution is 0.665. The summed E-state index contributed by atoms with van der Waals surface area (Å²) >= 11 is 0. The van der Waals surface area contributed by atoms with Gasteiger partial charge in [-0.1, -0.05) is 0 Å². The van der Waals surface area contributed by atoms with E-state index in [4.69, 9.17) is 16.0 Å². The molecule has 0 aromatic carbocycles. The molecule has 1 rings (SSSR count). The molecular weight excluding hydrogens is 136 g/mol. The van der Waals surface area contributed by atoms with Gasteiger partial charge >= 0.3 is 0 Å². The summed E-state index contributed by atoms with van der Waals surface area (Å²) in [5.41, 5.74) is 11.3. The molecule has 0 saturated heterocycles. The molecule has 50 valence electrons. The Morgan fingerprint density at radius 3 is 2.56 bits per heavy atom. The Balaban J connectivity index is 2.99. The maximum atomic E-state index is 8.97. The molecule has 1 heterocycles. The Hall–Kier alpha value is -0.740. The molecular formula is C5H8N2OS. The van der Waals surface area contributed by atoms with Gasteiger partial charge in [-0.15, -0.1) is 0 Å². The molecule has 0 bridgehead atoms. The van der Waals surface area contributed by atoms with Crippen LogP contribution in [0.15, 0.2) is 22.9 Å². The van der Waals surface area contributed by atoms with Crippen LogP contribution in [-0.4, -0.2) is 9.92 Å². The summed E-state index contributed by atoms with van der Waals surface area (Å²) in [6.45, 7) is 0. The van der Waals surface area contributed by atoms with Crippen molar-refractivity contribution in [1.29, 1.82) is 0 Å². The van der Waals surface area contributed by atoms with Crippen LogP contribution in [-0.2, 0) is 0 Å². The number of hydrogen-bond acceptors (Lipinski definition) is 3. The summed E-state index contributed by atoms with van der Waals surface area (Å²) in [6.07, 6.45) is 3.20. The van der Waals surface area contributed by atoms with Gasteiger partial charge in [0.2, 0.25) is 0 Å². The summed E-state index contributed by atoms with van der Waals surface area (Å²) < 4.78 is 8.97. The quantitative estimate of drug-likeness (QED) is 0.425. The van der Waals surface area contributed by atoms with E-state index in [-0.39, 0.29) is 0 Å². The second-order valence-corrected chi connectivity index (χ2v) is 3.04. The van der Waals surface area contributed by atoms with Gasteiger partial charge in [0, 0.05) is 5.70 Å². The average molecular weight is 144 g/mol. The van der Waals surface area contributed by atoms with Crippen LogP contribution >= 0.6 is 10.8 Å². The van der Waals surface area contributed by atoms with Crippen LogP contribution in [0.4, 0.5) is 0 Å². The van der Waals surface area contributed by atoms with Crippen molar-refractivity contribution < 1.29 is 4.55 Å². The third kappa shape index (κ3) is 1.34. The van der Waals surface area contributed by atoms with Gasteiger partial charge in [0.15, 0.2) is 0 Å². The predicted molar refractivity (Wildman–Crippen MR) is 40.8 cm³/mol. The van der Waals surface area contributed by atoms with Crippen molar-refractivity contribution in [3.8, 4) is 0 Å². The topological polar surface area (TPSA) is 72.3 Å². The summed E-state index contributed by atoms with van der Waals surface area (Å²) in [5.74, 6) is 0. The predicted octanol–water partition coefficient (Wildman–Crippen LogP) is 0.187. The number of hydrogen-bond donors (Lipinski definition) is 3. The highest BCUT2D eigenvalue weighted by Gasteiger charge is 1.97. The van der Waals surface area contributed by atoms with Gasteiger partial charge in [-0.25, -0.2) is 0 Å². The van der Waals surface area contributed by atoms with Crippen molar-refractivity contribution in [3.05, 3.63) is 22.9 Å². The van der Waals surface area contributed by atoms with Gasteiger partial charge in [-0.05, 0) is 28.3 Å². The smallest absolute Gasteiger partial charge is 0.0871 e. The largest absolute Gasteiger partial charge is 0.399 e. The molecule has 4 heteroatoms. The third-order valence-electron chi connectivity index (χ3n) is 0.940. The second kappa shape index (κ2) is 2.24. The average Bonchev–Trinajstić information content (AvgIpc) is 1.80. The molecule has 0 aromatic heterocycles. The number of nitrogens with two attached hydrogens (primary N) is 2. The number of allylic oxidation sites excluding steroid dienone is 2.